The minimum absolute atomic E-state index is 0.0108. The van der Waals surface area contributed by atoms with Gasteiger partial charge in [-0.1, -0.05) is 6.92 Å². The maximum atomic E-state index is 11.7. The fraction of sp³-hybridized carbons (Fsp3) is 0.692. The average molecular weight is 296 g/mol. The Bertz CT molecular complexity index is 446. The highest BCUT2D eigenvalue weighted by Crippen LogP contribution is 2.07. The summed E-state index contributed by atoms with van der Waals surface area (Å²) in [5.74, 6) is 0.303. The molecule has 1 atom stereocenters. The maximum absolute atomic E-state index is 11.7. The van der Waals surface area contributed by atoms with Gasteiger partial charge in [-0.05, 0) is 7.05 Å². The molecular weight excluding hydrogens is 272 g/mol. The fourth-order valence-electron chi connectivity index (χ4n) is 1.79. The summed E-state index contributed by atoms with van der Waals surface area (Å²) >= 11 is 0. The van der Waals surface area contributed by atoms with E-state index < -0.39 is 0 Å². The van der Waals surface area contributed by atoms with Crippen LogP contribution in [0.2, 0.25) is 0 Å². The lowest BCUT2D eigenvalue weighted by Gasteiger charge is -2.25. The molecule has 1 rings (SSSR count). The first-order valence-corrected chi connectivity index (χ1v) is 7.04. The van der Waals surface area contributed by atoms with Crippen molar-refractivity contribution in [3.8, 4) is 0 Å². The number of carbonyl (C=O) groups excluding carboxylic acids is 2. The number of nitrogens with one attached hydrogen (secondary N) is 3. The highest BCUT2D eigenvalue weighted by atomic mass is 16.2. The molecule has 1 unspecified atom stereocenters. The second-order valence-electron chi connectivity index (χ2n) is 4.70. The molecule has 2 amide bonds. The molecule has 21 heavy (non-hydrogen) atoms. The van der Waals surface area contributed by atoms with Gasteiger partial charge in [-0.25, -0.2) is 9.98 Å². The number of amides is 2. The summed E-state index contributed by atoms with van der Waals surface area (Å²) < 4.78 is 0. The Morgan fingerprint density at radius 2 is 2.10 bits per heavy atom. The number of guanidine groups is 1. The second-order valence-corrected chi connectivity index (χ2v) is 4.70. The molecule has 0 aromatic heterocycles. The maximum Gasteiger partial charge on any atom is 0.265 e. The van der Waals surface area contributed by atoms with E-state index in [0.29, 0.717) is 37.6 Å². The van der Waals surface area contributed by atoms with Crippen LogP contribution in [0.25, 0.3) is 0 Å². The average Bonchev–Trinajstić information content (AvgIpc) is 2.52. The molecule has 1 heterocycles. The van der Waals surface area contributed by atoms with Gasteiger partial charge < -0.3 is 15.5 Å². The van der Waals surface area contributed by atoms with Gasteiger partial charge in [0.15, 0.2) is 0 Å². The van der Waals surface area contributed by atoms with Crippen molar-refractivity contribution in [2.75, 3.05) is 34.2 Å². The first kappa shape index (κ1) is 17.1. The summed E-state index contributed by atoms with van der Waals surface area (Å²) in [6.45, 7) is 2.89. The van der Waals surface area contributed by atoms with Gasteiger partial charge in [0.1, 0.15) is 11.9 Å². The van der Waals surface area contributed by atoms with Crippen LogP contribution in [0.3, 0.4) is 0 Å². The molecule has 0 radical (unpaired) electrons. The van der Waals surface area contributed by atoms with Crippen LogP contribution in [0.5, 0.6) is 0 Å². The Labute approximate surface area is 125 Å². The van der Waals surface area contributed by atoms with Gasteiger partial charge in [0.25, 0.3) is 5.91 Å². The van der Waals surface area contributed by atoms with Crippen LogP contribution in [-0.4, -0.2) is 68.8 Å². The highest BCUT2D eigenvalue weighted by Gasteiger charge is 2.22. The van der Waals surface area contributed by atoms with E-state index in [9.17, 15) is 9.59 Å². The van der Waals surface area contributed by atoms with E-state index in [0.717, 1.165) is 0 Å². The number of hydrogen-bond donors (Lipinski definition) is 3. The number of nitrogens with zero attached hydrogens (tertiary/aromatic N) is 3. The van der Waals surface area contributed by atoms with Crippen molar-refractivity contribution >= 4 is 23.5 Å². The minimum Gasteiger partial charge on any atom is -0.354 e. The number of rotatable bonds is 6. The van der Waals surface area contributed by atoms with Gasteiger partial charge in [-0.3, -0.25) is 14.9 Å². The molecule has 0 spiro atoms. The van der Waals surface area contributed by atoms with Crippen molar-refractivity contribution in [2.45, 2.75) is 25.9 Å². The van der Waals surface area contributed by atoms with Crippen molar-refractivity contribution in [1.82, 2.24) is 20.9 Å². The van der Waals surface area contributed by atoms with E-state index in [4.69, 9.17) is 0 Å². The number of likely N-dealkylation sites (N-methyl/N-ethyl adjacent to an activating group) is 1. The molecule has 3 N–H and O–H groups in total. The van der Waals surface area contributed by atoms with E-state index in [-0.39, 0.29) is 18.0 Å². The quantitative estimate of drug-likeness (QED) is 0.582. The molecule has 0 aromatic carbocycles. The molecule has 0 aliphatic carbocycles. The third-order valence-corrected chi connectivity index (χ3v) is 3.15. The summed E-state index contributed by atoms with van der Waals surface area (Å²) in [6, 6.07) is 0. The monoisotopic (exact) mass is 296 g/mol. The van der Waals surface area contributed by atoms with E-state index in [2.05, 4.69) is 25.9 Å². The Hall–Kier alpha value is -1.96. The van der Waals surface area contributed by atoms with Gasteiger partial charge >= 0.3 is 0 Å². The van der Waals surface area contributed by atoms with Gasteiger partial charge in [0.2, 0.25) is 11.9 Å². The Balaban J connectivity index is 2.68. The van der Waals surface area contributed by atoms with Crippen molar-refractivity contribution in [1.29, 1.82) is 0 Å². The van der Waals surface area contributed by atoms with Crippen LogP contribution in [0.1, 0.15) is 19.8 Å². The second kappa shape index (κ2) is 8.35. The highest BCUT2D eigenvalue weighted by molar-refractivity contribution is 6.40. The normalized spacial score (nSPS) is 17.6. The zero-order chi connectivity index (χ0) is 15.8. The molecule has 8 heteroatoms. The van der Waals surface area contributed by atoms with E-state index in [1.165, 1.54) is 0 Å². The smallest absolute Gasteiger partial charge is 0.265 e. The third-order valence-electron chi connectivity index (χ3n) is 3.15. The van der Waals surface area contributed by atoms with Crippen molar-refractivity contribution in [2.24, 2.45) is 9.98 Å². The molecule has 0 aromatic rings. The summed E-state index contributed by atoms with van der Waals surface area (Å²) in [7, 11) is 5.20. The summed E-state index contributed by atoms with van der Waals surface area (Å²) in [5, 5.41) is 8.41. The van der Waals surface area contributed by atoms with Gasteiger partial charge in [-0.2, -0.15) is 0 Å². The molecule has 118 valence electrons. The fourth-order valence-corrected chi connectivity index (χ4v) is 1.79. The number of hydrogen-bond acceptors (Lipinski definition) is 6. The predicted molar refractivity (Wildman–Crippen MR) is 82.3 cm³/mol. The Morgan fingerprint density at radius 3 is 2.67 bits per heavy atom. The predicted octanol–water partition coefficient (Wildman–Crippen LogP) is -1.06. The first-order valence-electron chi connectivity index (χ1n) is 7.04. The summed E-state index contributed by atoms with van der Waals surface area (Å²) in [4.78, 5) is 33.5. The number of carbonyl (C=O) groups is 2. The van der Waals surface area contributed by atoms with E-state index in [1.54, 1.807) is 14.1 Å². The molecular formula is C13H24N6O2. The topological polar surface area (TPSA) is 98.2 Å². The lowest BCUT2D eigenvalue weighted by Crippen LogP contribution is -2.42. The van der Waals surface area contributed by atoms with Crippen LogP contribution in [0, 0.1) is 0 Å². The molecule has 1 aliphatic heterocycles. The minimum atomic E-state index is -0.199. The van der Waals surface area contributed by atoms with Gasteiger partial charge in [-0.15, -0.1) is 0 Å². The van der Waals surface area contributed by atoms with Crippen LogP contribution in [0.15, 0.2) is 9.98 Å². The van der Waals surface area contributed by atoms with Crippen molar-refractivity contribution in [3.63, 3.8) is 0 Å². The molecule has 0 bridgehead atoms. The van der Waals surface area contributed by atoms with Crippen LogP contribution in [-0.2, 0) is 9.59 Å². The molecule has 8 nitrogen and oxygen atoms in total. The Morgan fingerprint density at radius 1 is 1.38 bits per heavy atom. The molecule has 0 saturated heterocycles. The summed E-state index contributed by atoms with van der Waals surface area (Å²) in [6.07, 6.45) is 0.753. The standard InChI is InChI=1S/C13H24N6O2/c1-5-11(20)16-6-7-19(4)13-17-9(12(21)15-3)8-10(14-2)18-13/h10,14H,5-8H2,1-4H3,(H,15,21)(H,16,20). The SMILES string of the molecule is CCC(=O)NCCN(C)C1=NC(NC)CC(C(=O)NC)=N1. The van der Waals surface area contributed by atoms with Gasteiger partial charge in [0.05, 0.1) is 0 Å². The van der Waals surface area contributed by atoms with Crippen molar-refractivity contribution < 1.29 is 9.59 Å². The Kier molecular flexibility index (Phi) is 6.80. The van der Waals surface area contributed by atoms with Gasteiger partial charge in [0, 0.05) is 40.0 Å². The molecule has 1 aliphatic rings. The molecule has 0 fully saturated rings. The lowest BCUT2D eigenvalue weighted by molar-refractivity contribution is -0.120. The van der Waals surface area contributed by atoms with Crippen LogP contribution >= 0.6 is 0 Å². The van der Waals surface area contributed by atoms with Crippen LogP contribution in [0.4, 0.5) is 0 Å². The third kappa shape index (κ3) is 5.14. The number of aliphatic imine (C=N–C) groups is 2. The van der Waals surface area contributed by atoms with Crippen molar-refractivity contribution in [3.05, 3.63) is 0 Å². The lowest BCUT2D eigenvalue weighted by atomic mass is 10.2. The van der Waals surface area contributed by atoms with Crippen LogP contribution < -0.4 is 16.0 Å². The first-order chi connectivity index (χ1) is 10.0. The molecule has 0 saturated carbocycles. The zero-order valence-corrected chi connectivity index (χ0v) is 13.1. The largest absolute Gasteiger partial charge is 0.354 e. The zero-order valence-electron chi connectivity index (χ0n) is 13.1. The van der Waals surface area contributed by atoms with E-state index >= 15 is 0 Å². The van der Waals surface area contributed by atoms with E-state index in [1.807, 2.05) is 18.9 Å². The summed E-state index contributed by atoms with van der Waals surface area (Å²) in [5.41, 5.74) is 0.450.